The van der Waals surface area contributed by atoms with E-state index in [0.29, 0.717) is 29.8 Å². The number of H-pyrrole nitrogens is 1. The molecule has 148 valence electrons. The zero-order valence-electron chi connectivity index (χ0n) is 16.4. The minimum Gasteiger partial charge on any atom is -0.438 e. The maximum Gasteiger partial charge on any atom is 0.233 e. The molecular formula is C21H23N7O. The molecule has 0 spiro atoms. The fraction of sp³-hybridized carbons (Fsp3) is 0.190. The van der Waals surface area contributed by atoms with Gasteiger partial charge in [-0.1, -0.05) is 31.2 Å². The Morgan fingerprint density at radius 1 is 1.24 bits per heavy atom. The number of aryl methyl sites for hydroxylation is 2. The molecule has 0 saturated heterocycles. The number of hydrogen-bond donors (Lipinski definition) is 3. The van der Waals surface area contributed by atoms with Crippen LogP contribution in [-0.2, 0) is 13.5 Å². The van der Waals surface area contributed by atoms with Crippen molar-refractivity contribution in [1.82, 2.24) is 24.7 Å². The van der Waals surface area contributed by atoms with E-state index in [1.54, 1.807) is 4.68 Å². The summed E-state index contributed by atoms with van der Waals surface area (Å²) in [5.41, 5.74) is 8.23. The molecule has 0 fully saturated rings. The van der Waals surface area contributed by atoms with Gasteiger partial charge >= 0.3 is 0 Å². The molecule has 0 saturated carbocycles. The standard InChI is InChI=1S/C21H23N7O/c1-3-15-13-18(28(2)27-15)24-21-25-19-17(9-11-23-19)20(26-21)29-16-8-4-6-14(12-16)7-5-10-22/h4-9,11-13H,3,10,22H2,1-2H3,(H2,23,24,25,26). The Morgan fingerprint density at radius 3 is 2.93 bits per heavy atom. The Labute approximate surface area is 168 Å². The first-order valence-electron chi connectivity index (χ1n) is 9.46. The number of rotatable bonds is 7. The van der Waals surface area contributed by atoms with Crippen molar-refractivity contribution in [3.63, 3.8) is 0 Å². The lowest BCUT2D eigenvalue weighted by atomic mass is 10.2. The summed E-state index contributed by atoms with van der Waals surface area (Å²) in [6.07, 6.45) is 6.53. The number of nitrogens with zero attached hydrogens (tertiary/aromatic N) is 4. The van der Waals surface area contributed by atoms with Crippen molar-refractivity contribution in [2.75, 3.05) is 11.9 Å². The number of aromatic nitrogens is 5. The topological polar surface area (TPSA) is 107 Å². The fourth-order valence-corrected chi connectivity index (χ4v) is 2.98. The first-order chi connectivity index (χ1) is 14.2. The number of nitrogens with one attached hydrogen (secondary N) is 2. The van der Waals surface area contributed by atoms with Crippen LogP contribution >= 0.6 is 0 Å². The molecule has 8 heteroatoms. The van der Waals surface area contributed by atoms with Gasteiger partial charge in [0.15, 0.2) is 0 Å². The van der Waals surface area contributed by atoms with E-state index in [9.17, 15) is 0 Å². The van der Waals surface area contributed by atoms with E-state index in [1.807, 2.05) is 61.8 Å². The molecule has 0 unspecified atom stereocenters. The van der Waals surface area contributed by atoms with Crippen LogP contribution in [0.4, 0.5) is 11.8 Å². The molecule has 29 heavy (non-hydrogen) atoms. The number of benzene rings is 1. The van der Waals surface area contributed by atoms with Crippen LogP contribution in [0.25, 0.3) is 17.1 Å². The molecule has 1 aromatic carbocycles. The zero-order valence-corrected chi connectivity index (χ0v) is 16.4. The summed E-state index contributed by atoms with van der Waals surface area (Å²) in [6.45, 7) is 2.56. The van der Waals surface area contributed by atoms with Crippen molar-refractivity contribution in [3.8, 4) is 11.6 Å². The van der Waals surface area contributed by atoms with Gasteiger partial charge < -0.3 is 20.8 Å². The summed E-state index contributed by atoms with van der Waals surface area (Å²) in [6, 6.07) is 11.6. The van der Waals surface area contributed by atoms with Crippen LogP contribution in [0.5, 0.6) is 11.6 Å². The lowest BCUT2D eigenvalue weighted by Crippen LogP contribution is -2.03. The zero-order chi connectivity index (χ0) is 20.2. The Bertz CT molecular complexity index is 1160. The van der Waals surface area contributed by atoms with Crippen LogP contribution in [0.2, 0.25) is 0 Å². The number of hydrogen-bond acceptors (Lipinski definition) is 6. The van der Waals surface area contributed by atoms with Crippen molar-refractivity contribution >= 4 is 28.9 Å². The highest BCUT2D eigenvalue weighted by atomic mass is 16.5. The molecule has 0 aliphatic rings. The molecule has 4 N–H and O–H groups in total. The number of ether oxygens (including phenoxy) is 1. The quantitative estimate of drug-likeness (QED) is 0.444. The van der Waals surface area contributed by atoms with E-state index in [1.165, 1.54) is 0 Å². The van der Waals surface area contributed by atoms with Crippen LogP contribution in [0.3, 0.4) is 0 Å². The van der Waals surface area contributed by atoms with Gasteiger partial charge in [-0.15, -0.1) is 0 Å². The fourth-order valence-electron chi connectivity index (χ4n) is 2.98. The largest absolute Gasteiger partial charge is 0.438 e. The third kappa shape index (κ3) is 4.12. The number of fused-ring (bicyclic) bond motifs is 1. The lowest BCUT2D eigenvalue weighted by Gasteiger charge is -2.10. The van der Waals surface area contributed by atoms with Gasteiger partial charge in [-0.3, -0.25) is 4.68 Å². The first kappa shape index (κ1) is 18.7. The van der Waals surface area contributed by atoms with Gasteiger partial charge in [0.1, 0.15) is 17.2 Å². The van der Waals surface area contributed by atoms with Gasteiger partial charge in [0, 0.05) is 25.9 Å². The third-order valence-corrected chi connectivity index (χ3v) is 4.43. The maximum absolute atomic E-state index is 6.11. The summed E-state index contributed by atoms with van der Waals surface area (Å²) < 4.78 is 7.88. The second-order valence-corrected chi connectivity index (χ2v) is 6.53. The van der Waals surface area contributed by atoms with Crippen LogP contribution in [0.15, 0.2) is 48.7 Å². The van der Waals surface area contributed by atoms with Crippen LogP contribution < -0.4 is 15.8 Å². The summed E-state index contributed by atoms with van der Waals surface area (Å²) >= 11 is 0. The Morgan fingerprint density at radius 2 is 2.14 bits per heavy atom. The van der Waals surface area contributed by atoms with Gasteiger partial charge in [-0.05, 0) is 30.2 Å². The van der Waals surface area contributed by atoms with Crippen LogP contribution in [-0.4, -0.2) is 31.3 Å². The first-order valence-corrected chi connectivity index (χ1v) is 9.46. The molecule has 8 nitrogen and oxygen atoms in total. The van der Waals surface area contributed by atoms with Gasteiger partial charge in [0.05, 0.1) is 11.1 Å². The monoisotopic (exact) mass is 389 g/mol. The van der Waals surface area contributed by atoms with Crippen LogP contribution in [0.1, 0.15) is 18.2 Å². The molecular weight excluding hydrogens is 366 g/mol. The molecule has 0 atom stereocenters. The molecule has 0 aliphatic carbocycles. The van der Waals surface area contributed by atoms with Gasteiger partial charge in [0.2, 0.25) is 11.8 Å². The number of nitrogens with two attached hydrogens (primary N) is 1. The Balaban J connectivity index is 1.66. The summed E-state index contributed by atoms with van der Waals surface area (Å²) in [5.74, 6) is 2.40. The van der Waals surface area contributed by atoms with E-state index in [2.05, 4.69) is 32.3 Å². The number of aromatic amines is 1. The minimum absolute atomic E-state index is 0.430. The Kier molecular flexibility index (Phi) is 5.26. The highest BCUT2D eigenvalue weighted by molar-refractivity contribution is 5.82. The van der Waals surface area contributed by atoms with Gasteiger partial charge in [-0.2, -0.15) is 15.1 Å². The molecule has 4 aromatic rings. The lowest BCUT2D eigenvalue weighted by molar-refractivity contribution is 0.469. The molecule has 4 rings (SSSR count). The molecule has 0 bridgehead atoms. The predicted octanol–water partition coefficient (Wildman–Crippen LogP) is 3.76. The van der Waals surface area contributed by atoms with E-state index in [4.69, 9.17) is 10.5 Å². The average molecular weight is 389 g/mol. The van der Waals surface area contributed by atoms with E-state index >= 15 is 0 Å². The smallest absolute Gasteiger partial charge is 0.233 e. The normalized spacial score (nSPS) is 11.4. The predicted molar refractivity (Wildman–Crippen MR) is 114 cm³/mol. The molecule has 0 aliphatic heterocycles. The summed E-state index contributed by atoms with van der Waals surface area (Å²) in [5, 5.41) is 8.48. The highest BCUT2D eigenvalue weighted by Gasteiger charge is 2.13. The van der Waals surface area contributed by atoms with Crippen molar-refractivity contribution in [1.29, 1.82) is 0 Å². The molecule has 0 radical (unpaired) electrons. The van der Waals surface area contributed by atoms with Crippen molar-refractivity contribution in [3.05, 3.63) is 59.9 Å². The number of anilines is 2. The highest BCUT2D eigenvalue weighted by Crippen LogP contribution is 2.29. The van der Waals surface area contributed by atoms with Gasteiger partial charge in [0.25, 0.3) is 0 Å². The summed E-state index contributed by atoms with van der Waals surface area (Å²) in [4.78, 5) is 12.3. The van der Waals surface area contributed by atoms with Crippen molar-refractivity contribution in [2.45, 2.75) is 13.3 Å². The van der Waals surface area contributed by atoms with Crippen molar-refractivity contribution in [2.24, 2.45) is 12.8 Å². The van der Waals surface area contributed by atoms with E-state index in [0.717, 1.165) is 28.9 Å². The SMILES string of the molecule is CCc1cc(Nc2nc(Oc3cccc(C=CCN)c3)c3cc[nH]c3n2)n(C)n1. The second-order valence-electron chi connectivity index (χ2n) is 6.53. The van der Waals surface area contributed by atoms with E-state index in [-0.39, 0.29) is 0 Å². The van der Waals surface area contributed by atoms with E-state index < -0.39 is 0 Å². The Hall–Kier alpha value is -3.65. The minimum atomic E-state index is 0.430. The van der Waals surface area contributed by atoms with Crippen LogP contribution in [0, 0.1) is 0 Å². The maximum atomic E-state index is 6.11. The third-order valence-electron chi connectivity index (χ3n) is 4.43. The molecule has 3 heterocycles. The summed E-state index contributed by atoms with van der Waals surface area (Å²) in [7, 11) is 1.88. The average Bonchev–Trinajstić information content (AvgIpc) is 3.33. The van der Waals surface area contributed by atoms with Gasteiger partial charge in [-0.25, -0.2) is 0 Å². The molecule has 3 aromatic heterocycles. The van der Waals surface area contributed by atoms with Crippen molar-refractivity contribution < 1.29 is 4.74 Å². The molecule has 0 amide bonds. The second kappa shape index (κ2) is 8.15.